The molecule has 0 spiro atoms. The molecule has 0 fully saturated rings. The topological polar surface area (TPSA) is 41.1 Å². The van der Waals surface area contributed by atoms with Crippen molar-refractivity contribution in [2.45, 2.75) is 13.0 Å². The lowest BCUT2D eigenvalue weighted by atomic mass is 10.1. The first kappa shape index (κ1) is 15.5. The molecule has 0 aromatic heterocycles. The SMILES string of the molecule is CC(NCC(=O)Nc1cccc(F)c1)c1ccccc1Cl. The molecular weight excluding hydrogens is 291 g/mol. The highest BCUT2D eigenvalue weighted by molar-refractivity contribution is 6.31. The number of rotatable bonds is 5. The monoisotopic (exact) mass is 306 g/mol. The van der Waals surface area contributed by atoms with Crippen LogP contribution in [0.2, 0.25) is 5.02 Å². The minimum Gasteiger partial charge on any atom is -0.325 e. The predicted octanol–water partition coefficient (Wildman–Crippen LogP) is 3.77. The van der Waals surface area contributed by atoms with Gasteiger partial charge in [0.1, 0.15) is 5.82 Å². The van der Waals surface area contributed by atoms with Gasteiger partial charge in [0.15, 0.2) is 0 Å². The molecule has 110 valence electrons. The molecule has 0 aliphatic heterocycles. The van der Waals surface area contributed by atoms with Crippen LogP contribution in [0.25, 0.3) is 0 Å². The molecule has 0 heterocycles. The molecule has 0 saturated carbocycles. The van der Waals surface area contributed by atoms with Crippen molar-refractivity contribution in [2.75, 3.05) is 11.9 Å². The van der Waals surface area contributed by atoms with Crippen molar-refractivity contribution in [1.29, 1.82) is 0 Å². The van der Waals surface area contributed by atoms with Crippen LogP contribution in [0.5, 0.6) is 0 Å². The van der Waals surface area contributed by atoms with Gasteiger partial charge in [0, 0.05) is 16.8 Å². The van der Waals surface area contributed by atoms with Crippen molar-refractivity contribution in [2.24, 2.45) is 0 Å². The Balaban J connectivity index is 1.88. The largest absolute Gasteiger partial charge is 0.325 e. The van der Waals surface area contributed by atoms with E-state index in [1.807, 2.05) is 31.2 Å². The minimum absolute atomic E-state index is 0.0584. The van der Waals surface area contributed by atoms with Crippen molar-refractivity contribution in [3.63, 3.8) is 0 Å². The fourth-order valence-corrected chi connectivity index (χ4v) is 2.25. The summed E-state index contributed by atoms with van der Waals surface area (Å²) in [6, 6.07) is 13.2. The maximum absolute atomic E-state index is 13.0. The van der Waals surface area contributed by atoms with E-state index in [1.54, 1.807) is 12.1 Å². The molecule has 21 heavy (non-hydrogen) atoms. The van der Waals surface area contributed by atoms with Crippen LogP contribution in [0.15, 0.2) is 48.5 Å². The fraction of sp³-hybridized carbons (Fsp3) is 0.188. The molecule has 1 amide bonds. The van der Waals surface area contributed by atoms with Gasteiger partial charge in [-0.3, -0.25) is 4.79 Å². The Morgan fingerprint density at radius 3 is 2.71 bits per heavy atom. The van der Waals surface area contributed by atoms with E-state index in [9.17, 15) is 9.18 Å². The second-order valence-corrected chi connectivity index (χ2v) is 5.09. The Bertz CT molecular complexity index is 633. The summed E-state index contributed by atoms with van der Waals surface area (Å²) in [4.78, 5) is 11.8. The number of nitrogens with one attached hydrogen (secondary N) is 2. The average Bonchev–Trinajstić information content (AvgIpc) is 2.45. The van der Waals surface area contributed by atoms with Gasteiger partial charge in [-0.05, 0) is 36.8 Å². The smallest absolute Gasteiger partial charge is 0.238 e. The van der Waals surface area contributed by atoms with Crippen molar-refractivity contribution < 1.29 is 9.18 Å². The molecule has 1 unspecified atom stereocenters. The van der Waals surface area contributed by atoms with E-state index in [-0.39, 0.29) is 24.3 Å². The lowest BCUT2D eigenvalue weighted by Gasteiger charge is -2.15. The number of carbonyl (C=O) groups excluding carboxylic acids is 1. The second kappa shape index (κ2) is 7.20. The van der Waals surface area contributed by atoms with Crippen LogP contribution in [0.1, 0.15) is 18.5 Å². The number of carbonyl (C=O) groups is 1. The molecular formula is C16H16ClFN2O. The van der Waals surface area contributed by atoms with Gasteiger partial charge in [-0.1, -0.05) is 35.9 Å². The van der Waals surface area contributed by atoms with Gasteiger partial charge in [0.2, 0.25) is 5.91 Å². The van der Waals surface area contributed by atoms with Crippen molar-refractivity contribution in [3.05, 3.63) is 64.9 Å². The van der Waals surface area contributed by atoms with Crippen LogP contribution in [-0.4, -0.2) is 12.5 Å². The van der Waals surface area contributed by atoms with Gasteiger partial charge in [0.05, 0.1) is 6.54 Å². The Hall–Kier alpha value is -1.91. The standard InChI is InChI=1S/C16H16ClFN2O/c1-11(14-7-2-3-8-15(14)17)19-10-16(21)20-13-6-4-5-12(18)9-13/h2-9,11,19H,10H2,1H3,(H,20,21). The predicted molar refractivity (Wildman–Crippen MR) is 82.9 cm³/mol. The minimum atomic E-state index is -0.384. The highest BCUT2D eigenvalue weighted by Gasteiger charge is 2.10. The molecule has 2 aromatic rings. The molecule has 2 aromatic carbocycles. The summed E-state index contributed by atoms with van der Waals surface area (Å²) in [5, 5.41) is 6.37. The van der Waals surface area contributed by atoms with Crippen LogP contribution in [0.4, 0.5) is 10.1 Å². The van der Waals surface area contributed by atoms with E-state index in [1.165, 1.54) is 12.1 Å². The van der Waals surface area contributed by atoms with Gasteiger partial charge in [-0.25, -0.2) is 4.39 Å². The summed E-state index contributed by atoms with van der Waals surface area (Å²) in [6.07, 6.45) is 0. The third kappa shape index (κ3) is 4.55. The first-order valence-electron chi connectivity index (χ1n) is 6.59. The number of benzene rings is 2. The van der Waals surface area contributed by atoms with Gasteiger partial charge < -0.3 is 10.6 Å². The summed E-state index contributed by atoms with van der Waals surface area (Å²) >= 11 is 6.10. The summed E-state index contributed by atoms with van der Waals surface area (Å²) in [5.41, 5.74) is 1.37. The summed E-state index contributed by atoms with van der Waals surface area (Å²) in [5.74, 6) is -0.621. The zero-order valence-corrected chi connectivity index (χ0v) is 12.3. The number of anilines is 1. The van der Waals surface area contributed by atoms with Crippen LogP contribution >= 0.6 is 11.6 Å². The molecule has 0 radical (unpaired) electrons. The van der Waals surface area contributed by atoms with Crippen molar-refractivity contribution in [1.82, 2.24) is 5.32 Å². The third-order valence-electron chi connectivity index (χ3n) is 3.05. The quantitative estimate of drug-likeness (QED) is 0.883. The zero-order valence-electron chi connectivity index (χ0n) is 11.6. The average molecular weight is 307 g/mol. The first-order valence-corrected chi connectivity index (χ1v) is 6.97. The van der Waals surface area contributed by atoms with Crippen molar-refractivity contribution >= 4 is 23.2 Å². The highest BCUT2D eigenvalue weighted by atomic mass is 35.5. The fourth-order valence-electron chi connectivity index (χ4n) is 1.95. The van der Waals surface area contributed by atoms with Crippen LogP contribution < -0.4 is 10.6 Å². The third-order valence-corrected chi connectivity index (χ3v) is 3.39. The molecule has 0 aliphatic carbocycles. The highest BCUT2D eigenvalue weighted by Crippen LogP contribution is 2.21. The molecule has 3 nitrogen and oxygen atoms in total. The normalized spacial score (nSPS) is 12.0. The van der Waals surface area contributed by atoms with E-state index in [4.69, 9.17) is 11.6 Å². The number of hydrogen-bond donors (Lipinski definition) is 2. The summed E-state index contributed by atoms with van der Waals surface area (Å²) in [7, 11) is 0. The lowest BCUT2D eigenvalue weighted by molar-refractivity contribution is -0.115. The second-order valence-electron chi connectivity index (χ2n) is 4.68. The van der Waals surface area contributed by atoms with E-state index in [2.05, 4.69) is 10.6 Å². The molecule has 0 bridgehead atoms. The summed E-state index contributed by atoms with van der Waals surface area (Å²) in [6.45, 7) is 2.04. The molecule has 0 saturated heterocycles. The number of halogens is 2. The Labute approximate surface area is 128 Å². The Kier molecular flexibility index (Phi) is 5.31. The van der Waals surface area contributed by atoms with E-state index in [0.717, 1.165) is 5.56 Å². The Morgan fingerprint density at radius 2 is 2.00 bits per heavy atom. The van der Waals surface area contributed by atoms with E-state index in [0.29, 0.717) is 10.7 Å². The maximum Gasteiger partial charge on any atom is 0.238 e. The Morgan fingerprint density at radius 1 is 1.24 bits per heavy atom. The first-order chi connectivity index (χ1) is 10.1. The van der Waals surface area contributed by atoms with Crippen LogP contribution in [0, 0.1) is 5.82 Å². The molecule has 2 rings (SSSR count). The molecule has 5 heteroatoms. The lowest BCUT2D eigenvalue weighted by Crippen LogP contribution is -2.30. The van der Waals surface area contributed by atoms with Gasteiger partial charge in [-0.2, -0.15) is 0 Å². The van der Waals surface area contributed by atoms with Crippen LogP contribution in [-0.2, 0) is 4.79 Å². The van der Waals surface area contributed by atoms with Gasteiger partial charge in [-0.15, -0.1) is 0 Å². The van der Waals surface area contributed by atoms with E-state index >= 15 is 0 Å². The molecule has 2 N–H and O–H groups in total. The van der Waals surface area contributed by atoms with Crippen LogP contribution in [0.3, 0.4) is 0 Å². The van der Waals surface area contributed by atoms with E-state index < -0.39 is 0 Å². The maximum atomic E-state index is 13.0. The number of amides is 1. The van der Waals surface area contributed by atoms with Gasteiger partial charge in [0.25, 0.3) is 0 Å². The number of hydrogen-bond acceptors (Lipinski definition) is 2. The molecule has 0 aliphatic rings. The zero-order chi connectivity index (χ0) is 15.2. The van der Waals surface area contributed by atoms with Gasteiger partial charge >= 0.3 is 0 Å². The molecule has 1 atom stereocenters. The van der Waals surface area contributed by atoms with Crippen molar-refractivity contribution in [3.8, 4) is 0 Å². The summed E-state index contributed by atoms with van der Waals surface area (Å²) < 4.78 is 13.0.